The lowest BCUT2D eigenvalue weighted by Gasteiger charge is -2.06. The summed E-state index contributed by atoms with van der Waals surface area (Å²) in [6.07, 6.45) is 3.69. The molecule has 0 bridgehead atoms. The summed E-state index contributed by atoms with van der Waals surface area (Å²) in [6, 6.07) is 1.32. The Morgan fingerprint density at radius 2 is 2.22 bits per heavy atom. The van der Waals surface area contributed by atoms with Crippen molar-refractivity contribution in [2.45, 2.75) is 31.2 Å². The lowest BCUT2D eigenvalue weighted by Crippen LogP contribution is -2.27. The van der Waals surface area contributed by atoms with Gasteiger partial charge in [-0.25, -0.2) is 13.6 Å². The van der Waals surface area contributed by atoms with E-state index in [2.05, 4.69) is 5.32 Å². The van der Waals surface area contributed by atoms with Crippen molar-refractivity contribution in [1.82, 2.24) is 9.88 Å². The minimum Gasteiger partial charge on any atom is -0.350 e. The average Bonchev–Trinajstić information content (AvgIpc) is 3.00. The van der Waals surface area contributed by atoms with Crippen LogP contribution < -0.4 is 10.5 Å². The molecule has 1 aromatic heterocycles. The molecule has 100 valence electrons. The Morgan fingerprint density at radius 1 is 1.56 bits per heavy atom. The summed E-state index contributed by atoms with van der Waals surface area (Å²) in [7, 11) is -3.77. The van der Waals surface area contributed by atoms with Crippen molar-refractivity contribution in [3.63, 3.8) is 0 Å². The highest BCUT2D eigenvalue weighted by molar-refractivity contribution is 7.89. The third-order valence-corrected chi connectivity index (χ3v) is 3.90. The van der Waals surface area contributed by atoms with Crippen molar-refractivity contribution in [3.8, 4) is 0 Å². The normalized spacial score (nSPS) is 15.7. The van der Waals surface area contributed by atoms with Crippen LogP contribution in [0, 0.1) is 5.92 Å². The van der Waals surface area contributed by atoms with Crippen LogP contribution in [0.1, 0.15) is 30.3 Å². The van der Waals surface area contributed by atoms with Crippen LogP contribution in [0.25, 0.3) is 0 Å². The van der Waals surface area contributed by atoms with Gasteiger partial charge in [0.05, 0.1) is 0 Å². The van der Waals surface area contributed by atoms with Crippen LogP contribution >= 0.6 is 0 Å². The van der Waals surface area contributed by atoms with Gasteiger partial charge in [-0.3, -0.25) is 4.79 Å². The Bertz CT molecular complexity index is 558. The second-order valence-electron chi connectivity index (χ2n) is 4.55. The highest BCUT2D eigenvalue weighted by atomic mass is 32.2. The summed E-state index contributed by atoms with van der Waals surface area (Å²) < 4.78 is 24.1. The van der Waals surface area contributed by atoms with Crippen molar-refractivity contribution in [2.75, 3.05) is 6.54 Å². The van der Waals surface area contributed by atoms with Gasteiger partial charge in [0.2, 0.25) is 10.0 Å². The Morgan fingerprint density at radius 3 is 2.72 bits per heavy atom. The van der Waals surface area contributed by atoms with Crippen LogP contribution in [0.15, 0.2) is 17.2 Å². The predicted molar refractivity (Wildman–Crippen MR) is 66.5 cm³/mol. The number of hydrogen-bond acceptors (Lipinski definition) is 3. The van der Waals surface area contributed by atoms with Gasteiger partial charge in [0.15, 0.2) is 0 Å². The molecule has 1 saturated carbocycles. The van der Waals surface area contributed by atoms with Crippen molar-refractivity contribution in [2.24, 2.45) is 11.1 Å². The molecule has 0 aliphatic heterocycles. The highest BCUT2D eigenvalue weighted by Gasteiger charge is 2.23. The second-order valence-corrected chi connectivity index (χ2v) is 6.11. The largest absolute Gasteiger partial charge is 0.350 e. The van der Waals surface area contributed by atoms with Gasteiger partial charge in [-0.05, 0) is 31.7 Å². The van der Waals surface area contributed by atoms with Crippen LogP contribution in [0.2, 0.25) is 0 Å². The monoisotopic (exact) mass is 271 g/mol. The molecule has 1 aromatic rings. The summed E-state index contributed by atoms with van der Waals surface area (Å²) in [4.78, 5) is 11.9. The van der Waals surface area contributed by atoms with Crippen molar-refractivity contribution >= 4 is 15.9 Å². The van der Waals surface area contributed by atoms with Crippen LogP contribution in [0.4, 0.5) is 0 Å². The number of rotatable bonds is 5. The lowest BCUT2D eigenvalue weighted by atomic mass is 10.3. The van der Waals surface area contributed by atoms with E-state index in [1.165, 1.54) is 12.3 Å². The maximum atomic E-state index is 11.9. The number of carbonyl (C=O) groups is 1. The van der Waals surface area contributed by atoms with Crippen LogP contribution in [0.5, 0.6) is 0 Å². The number of nitrogens with zero attached hydrogens (tertiary/aromatic N) is 1. The number of carbonyl (C=O) groups excluding carboxylic acids is 1. The third-order valence-electron chi connectivity index (χ3n) is 3.02. The Balaban J connectivity index is 2.19. The minimum atomic E-state index is -3.77. The molecule has 0 aromatic carbocycles. The van der Waals surface area contributed by atoms with E-state index in [9.17, 15) is 13.2 Å². The van der Waals surface area contributed by atoms with Gasteiger partial charge in [-0.1, -0.05) is 0 Å². The SMILES string of the molecule is CCn1cc(S(N)(=O)=O)cc1C(=O)NCC1CC1. The minimum absolute atomic E-state index is 0.0269. The summed E-state index contributed by atoms with van der Waals surface area (Å²) in [5, 5.41) is 7.86. The number of aryl methyl sites for hydroxylation is 1. The molecule has 1 fully saturated rings. The molecule has 0 atom stereocenters. The van der Waals surface area contributed by atoms with Crippen molar-refractivity contribution in [1.29, 1.82) is 0 Å². The molecule has 2 rings (SSSR count). The molecule has 1 heterocycles. The number of nitrogens with two attached hydrogens (primary N) is 1. The molecule has 3 N–H and O–H groups in total. The zero-order chi connectivity index (χ0) is 13.3. The summed E-state index contributed by atoms with van der Waals surface area (Å²) in [6.45, 7) is 3.00. The van der Waals surface area contributed by atoms with Crippen molar-refractivity contribution in [3.05, 3.63) is 18.0 Å². The molecular weight excluding hydrogens is 254 g/mol. The fraction of sp³-hybridized carbons (Fsp3) is 0.545. The molecule has 0 unspecified atom stereocenters. The van der Waals surface area contributed by atoms with Gasteiger partial charge in [0.25, 0.3) is 5.91 Å². The van der Waals surface area contributed by atoms with Crippen LogP contribution in [-0.4, -0.2) is 25.4 Å². The zero-order valence-electron chi connectivity index (χ0n) is 10.2. The molecule has 0 saturated heterocycles. The van der Waals surface area contributed by atoms with E-state index in [0.717, 1.165) is 12.8 Å². The van der Waals surface area contributed by atoms with Crippen molar-refractivity contribution < 1.29 is 13.2 Å². The Labute approximate surface area is 106 Å². The molecule has 18 heavy (non-hydrogen) atoms. The summed E-state index contributed by atoms with van der Waals surface area (Å²) in [5.74, 6) is 0.329. The molecule has 0 spiro atoms. The topological polar surface area (TPSA) is 94.2 Å². The van der Waals surface area contributed by atoms with E-state index in [-0.39, 0.29) is 10.8 Å². The van der Waals surface area contributed by atoms with Gasteiger partial charge in [-0.2, -0.15) is 0 Å². The number of nitrogens with one attached hydrogen (secondary N) is 1. The number of sulfonamides is 1. The van der Waals surface area contributed by atoms with Gasteiger partial charge < -0.3 is 9.88 Å². The number of amides is 1. The smallest absolute Gasteiger partial charge is 0.267 e. The second kappa shape index (κ2) is 4.74. The van der Waals surface area contributed by atoms with E-state index in [1.807, 2.05) is 6.92 Å². The number of primary sulfonamides is 1. The summed E-state index contributed by atoms with van der Waals surface area (Å²) in [5.41, 5.74) is 0.335. The first-order valence-electron chi connectivity index (χ1n) is 5.93. The Kier molecular flexibility index (Phi) is 3.45. The van der Waals surface area contributed by atoms with E-state index < -0.39 is 10.0 Å². The molecule has 1 aliphatic rings. The van der Waals surface area contributed by atoms with Crippen LogP contribution in [0.3, 0.4) is 0 Å². The maximum absolute atomic E-state index is 11.9. The van der Waals surface area contributed by atoms with E-state index in [0.29, 0.717) is 24.7 Å². The maximum Gasteiger partial charge on any atom is 0.267 e. The Hall–Kier alpha value is -1.34. The van der Waals surface area contributed by atoms with E-state index >= 15 is 0 Å². The molecule has 1 aliphatic carbocycles. The first-order chi connectivity index (χ1) is 8.41. The quantitative estimate of drug-likeness (QED) is 0.806. The highest BCUT2D eigenvalue weighted by Crippen LogP contribution is 2.27. The average molecular weight is 271 g/mol. The van der Waals surface area contributed by atoms with E-state index in [4.69, 9.17) is 5.14 Å². The van der Waals surface area contributed by atoms with Gasteiger partial charge in [-0.15, -0.1) is 0 Å². The first-order valence-corrected chi connectivity index (χ1v) is 7.47. The molecule has 7 heteroatoms. The fourth-order valence-corrected chi connectivity index (χ4v) is 2.29. The number of aromatic nitrogens is 1. The van der Waals surface area contributed by atoms with Gasteiger partial charge in [0, 0.05) is 19.3 Å². The predicted octanol–water partition coefficient (Wildman–Crippen LogP) is 0.295. The molecule has 6 nitrogen and oxygen atoms in total. The van der Waals surface area contributed by atoms with Crippen LogP contribution in [-0.2, 0) is 16.6 Å². The zero-order valence-corrected chi connectivity index (χ0v) is 11.0. The molecular formula is C11H17N3O3S. The van der Waals surface area contributed by atoms with Gasteiger partial charge in [0.1, 0.15) is 10.6 Å². The standard InChI is InChI=1S/C11H17N3O3S/c1-2-14-7-9(18(12,16)17)5-10(14)11(15)13-6-8-3-4-8/h5,7-8H,2-4,6H2,1H3,(H,13,15)(H2,12,16,17). The summed E-state index contributed by atoms with van der Waals surface area (Å²) >= 11 is 0. The lowest BCUT2D eigenvalue weighted by molar-refractivity contribution is 0.0942. The van der Waals surface area contributed by atoms with Gasteiger partial charge >= 0.3 is 0 Å². The first kappa shape index (κ1) is 13.1. The number of hydrogen-bond donors (Lipinski definition) is 2. The molecule has 0 radical (unpaired) electrons. The fourth-order valence-electron chi connectivity index (χ4n) is 1.74. The third kappa shape index (κ3) is 2.91. The van der Waals surface area contributed by atoms with E-state index in [1.54, 1.807) is 4.57 Å². The molecule has 1 amide bonds.